The summed E-state index contributed by atoms with van der Waals surface area (Å²) in [6, 6.07) is 13.7. The first-order valence-corrected chi connectivity index (χ1v) is 17.5. The van der Waals surface area contributed by atoms with Crippen molar-refractivity contribution in [1.29, 1.82) is 0 Å². The highest BCUT2D eigenvalue weighted by molar-refractivity contribution is 6.40. The molecule has 0 unspecified atom stereocenters. The van der Waals surface area contributed by atoms with Crippen LogP contribution in [0.3, 0.4) is 0 Å². The predicted molar refractivity (Wildman–Crippen MR) is 201 cm³/mol. The van der Waals surface area contributed by atoms with Crippen molar-refractivity contribution in [2.75, 3.05) is 36.2 Å². The second-order valence-electron chi connectivity index (χ2n) is 12.6. The van der Waals surface area contributed by atoms with Gasteiger partial charge in [0.2, 0.25) is 11.9 Å². The summed E-state index contributed by atoms with van der Waals surface area (Å²) >= 11 is 6.03. The minimum Gasteiger partial charge on any atom is -0.465 e. The number of rotatable bonds is 14. The number of hydrogen-bond acceptors (Lipinski definition) is 14. The van der Waals surface area contributed by atoms with Crippen LogP contribution in [-0.2, 0) is 31.7 Å². The molecule has 1 aliphatic carbocycles. The van der Waals surface area contributed by atoms with E-state index in [2.05, 4.69) is 56.4 Å². The molecule has 2 aromatic carbocycles. The van der Waals surface area contributed by atoms with Crippen LogP contribution >= 0.6 is 11.6 Å². The van der Waals surface area contributed by atoms with E-state index in [-0.39, 0.29) is 41.8 Å². The van der Waals surface area contributed by atoms with Crippen molar-refractivity contribution in [3.63, 3.8) is 0 Å². The number of aromatic nitrogens is 7. The molecule has 0 saturated heterocycles. The van der Waals surface area contributed by atoms with Crippen molar-refractivity contribution in [1.82, 2.24) is 40.0 Å². The zero-order valence-electron chi connectivity index (χ0n) is 30.5. The number of benzene rings is 2. The van der Waals surface area contributed by atoms with Gasteiger partial charge in [-0.1, -0.05) is 23.7 Å². The summed E-state index contributed by atoms with van der Waals surface area (Å²) in [5, 5.41) is 19.1. The minimum atomic E-state index is -4.65. The van der Waals surface area contributed by atoms with Gasteiger partial charge in [-0.05, 0) is 60.9 Å². The molecule has 6 rings (SSSR count). The van der Waals surface area contributed by atoms with Crippen LogP contribution in [0.25, 0.3) is 11.4 Å². The van der Waals surface area contributed by atoms with Crippen LogP contribution in [0.4, 0.5) is 36.4 Å². The number of aliphatic imine (C=N–C) groups is 1. The summed E-state index contributed by atoms with van der Waals surface area (Å²) in [5.41, 5.74) is 1.10. The van der Waals surface area contributed by atoms with Crippen LogP contribution in [0.5, 0.6) is 6.01 Å². The number of nitrogens with zero attached hydrogens (tertiary/aromatic N) is 8. The Bertz CT molecular complexity index is 2350. The molecule has 1 fully saturated rings. The van der Waals surface area contributed by atoms with Gasteiger partial charge in [-0.25, -0.2) is 9.79 Å². The van der Waals surface area contributed by atoms with Crippen LogP contribution in [0.1, 0.15) is 35.2 Å². The molecule has 0 bridgehead atoms. The molecule has 1 aliphatic rings. The predicted octanol–water partition coefficient (Wildman–Crippen LogP) is 4.40. The van der Waals surface area contributed by atoms with Crippen LogP contribution in [0.15, 0.2) is 78.3 Å². The van der Waals surface area contributed by atoms with Gasteiger partial charge in [0, 0.05) is 48.0 Å². The van der Waals surface area contributed by atoms with Crippen molar-refractivity contribution >= 4 is 64.3 Å². The van der Waals surface area contributed by atoms with Gasteiger partial charge in [0.1, 0.15) is 12.0 Å². The molecule has 4 N–H and O–H groups in total. The largest absolute Gasteiger partial charge is 0.465 e. The Labute approximate surface area is 331 Å². The highest BCUT2D eigenvalue weighted by atomic mass is 35.5. The number of halogens is 4. The molecule has 0 aliphatic heterocycles. The quantitative estimate of drug-likeness (QED) is 0.0692. The maximum atomic E-state index is 13.1. The average molecular weight is 821 g/mol. The number of esters is 1. The smallest absolute Gasteiger partial charge is 0.422 e. The van der Waals surface area contributed by atoms with E-state index in [0.717, 1.165) is 12.7 Å². The molecule has 1 saturated carbocycles. The molecule has 3 amide bonds. The second-order valence-corrected chi connectivity index (χ2v) is 13.1. The Morgan fingerprint density at radius 2 is 1.67 bits per heavy atom. The van der Waals surface area contributed by atoms with Crippen LogP contribution in [-0.4, -0.2) is 90.5 Å². The molecule has 5 aromatic rings. The minimum absolute atomic E-state index is 0.0402. The van der Waals surface area contributed by atoms with Gasteiger partial charge in [-0.15, -0.1) is 10.2 Å². The fraction of sp³-hybridized carbons (Fsp3) is 0.250. The SMILES string of the molecule is COC(=O)C(CCNC(=O)C(=O)Nc1cncc(-c2nncn2C)c1)=NC(=O)c1ccc(Nc2nc(NC3(c4ccc(Cl)cc4)CC3)nc(OCC(F)(F)F)n2)cc1. The lowest BCUT2D eigenvalue weighted by Gasteiger charge is -2.19. The van der Waals surface area contributed by atoms with Gasteiger partial charge in [0.25, 0.3) is 5.91 Å². The zero-order valence-corrected chi connectivity index (χ0v) is 31.3. The summed E-state index contributed by atoms with van der Waals surface area (Å²) in [4.78, 5) is 70.8. The van der Waals surface area contributed by atoms with Crippen LogP contribution in [0.2, 0.25) is 5.02 Å². The number of pyridine rings is 1. The van der Waals surface area contributed by atoms with E-state index >= 15 is 0 Å². The monoisotopic (exact) mass is 820 g/mol. The first-order valence-electron chi connectivity index (χ1n) is 17.2. The standard InChI is InChI=1S/C36H32ClF3N12O6/c1-52-19-43-51-27(52)21-15-25(17-41-16-21)44-30(55)29(54)42-14-11-26(31(56)57-2)46-28(53)20-3-9-24(10-4-20)45-32-47-33(49-34(48-32)58-18-36(38,39)40)50-35(12-13-35)22-5-7-23(37)8-6-22/h3-10,15-17,19H,11-14,18H2,1-2H3,(H,42,54)(H,44,55)(H2,45,47,48,49,50). The highest BCUT2D eigenvalue weighted by Gasteiger charge is 2.45. The first-order chi connectivity index (χ1) is 27.7. The Morgan fingerprint density at radius 3 is 2.33 bits per heavy atom. The van der Waals surface area contributed by atoms with Crippen molar-refractivity contribution in [2.24, 2.45) is 12.0 Å². The van der Waals surface area contributed by atoms with Gasteiger partial charge < -0.3 is 35.3 Å². The summed E-state index contributed by atoms with van der Waals surface area (Å²) in [7, 11) is 2.81. The molecule has 18 nitrogen and oxygen atoms in total. The highest BCUT2D eigenvalue weighted by Crippen LogP contribution is 2.48. The summed E-state index contributed by atoms with van der Waals surface area (Å²) in [6.45, 7) is -1.89. The number of alkyl halides is 3. The molecule has 300 valence electrons. The molecular weight excluding hydrogens is 789 g/mol. The van der Waals surface area contributed by atoms with Crippen LogP contribution in [0, 0.1) is 0 Å². The van der Waals surface area contributed by atoms with E-state index in [1.54, 1.807) is 29.8 Å². The molecule has 0 radical (unpaired) electrons. The topological polar surface area (TPSA) is 229 Å². The third-order valence-corrected chi connectivity index (χ3v) is 8.59. The van der Waals surface area contributed by atoms with Gasteiger partial charge in [0.05, 0.1) is 24.5 Å². The van der Waals surface area contributed by atoms with Gasteiger partial charge in [-0.3, -0.25) is 19.4 Å². The molecule has 0 spiro atoms. The van der Waals surface area contributed by atoms with E-state index in [1.807, 2.05) is 12.1 Å². The number of carbonyl (C=O) groups excluding carboxylic acids is 4. The summed E-state index contributed by atoms with van der Waals surface area (Å²) in [6.07, 6.45) is 0.817. The third-order valence-electron chi connectivity index (χ3n) is 8.34. The molecule has 58 heavy (non-hydrogen) atoms. The number of hydrogen-bond donors (Lipinski definition) is 4. The lowest BCUT2D eigenvalue weighted by molar-refractivity contribution is -0.154. The lowest BCUT2D eigenvalue weighted by Crippen LogP contribution is -2.37. The number of aryl methyl sites for hydroxylation is 1. The van der Waals surface area contributed by atoms with Crippen molar-refractivity contribution < 1.29 is 41.8 Å². The summed E-state index contributed by atoms with van der Waals surface area (Å²) in [5.74, 6) is -3.54. The number of methoxy groups -OCH3 is 1. The van der Waals surface area contributed by atoms with Crippen molar-refractivity contribution in [3.05, 3.63) is 89.5 Å². The van der Waals surface area contributed by atoms with E-state index in [4.69, 9.17) is 21.1 Å². The number of amides is 3. The van der Waals surface area contributed by atoms with Crippen molar-refractivity contribution in [2.45, 2.75) is 31.0 Å². The third kappa shape index (κ3) is 10.6. The molecule has 3 heterocycles. The Kier molecular flexibility index (Phi) is 12.2. The van der Waals surface area contributed by atoms with Gasteiger partial charge in [-0.2, -0.15) is 28.1 Å². The lowest BCUT2D eigenvalue weighted by atomic mass is 10.1. The number of nitrogens with one attached hydrogen (secondary N) is 4. The van der Waals surface area contributed by atoms with E-state index < -0.39 is 48.0 Å². The maximum absolute atomic E-state index is 13.1. The molecular formula is C36H32ClF3N12O6. The molecule has 0 atom stereocenters. The average Bonchev–Trinajstić information content (AvgIpc) is 3.85. The Balaban J connectivity index is 1.08. The molecule has 3 aromatic heterocycles. The van der Waals surface area contributed by atoms with Crippen LogP contribution < -0.4 is 26.0 Å². The molecule has 22 heteroatoms. The maximum Gasteiger partial charge on any atom is 0.422 e. The van der Waals surface area contributed by atoms with Gasteiger partial charge >= 0.3 is 30.0 Å². The number of carbonyl (C=O) groups is 4. The fourth-order valence-electron chi connectivity index (χ4n) is 5.34. The van der Waals surface area contributed by atoms with E-state index in [1.165, 1.54) is 43.0 Å². The number of ether oxygens (including phenoxy) is 2. The van der Waals surface area contributed by atoms with Gasteiger partial charge in [0.15, 0.2) is 12.4 Å². The number of anilines is 4. The van der Waals surface area contributed by atoms with E-state index in [9.17, 15) is 32.3 Å². The van der Waals surface area contributed by atoms with E-state index in [0.29, 0.717) is 34.9 Å². The Hall–Kier alpha value is -7.03. The normalized spacial score (nSPS) is 13.2. The zero-order chi connectivity index (χ0) is 41.5. The van der Waals surface area contributed by atoms with Crippen molar-refractivity contribution in [3.8, 4) is 17.4 Å². The first kappa shape index (κ1) is 40.6. The summed E-state index contributed by atoms with van der Waals surface area (Å²) < 4.78 is 50.1. The fourth-order valence-corrected chi connectivity index (χ4v) is 5.47. The Morgan fingerprint density at radius 1 is 0.948 bits per heavy atom. The second kappa shape index (κ2) is 17.4.